The smallest absolute Gasteiger partial charge is 0.250 e. The molecule has 2 rings (SSSR count). The predicted octanol–water partition coefficient (Wildman–Crippen LogP) is 1.53. The van der Waals surface area contributed by atoms with Gasteiger partial charge in [-0.2, -0.15) is 0 Å². The first-order valence-electron chi connectivity index (χ1n) is 5.50. The third kappa shape index (κ3) is 3.85. The normalized spacial score (nSPS) is 10.4. The highest BCUT2D eigenvalue weighted by atomic mass is 16.5. The third-order valence-electron chi connectivity index (χ3n) is 2.32. The molecule has 0 saturated carbocycles. The molecule has 0 aliphatic heterocycles. The summed E-state index contributed by atoms with van der Waals surface area (Å²) in [6.45, 7) is 1.12. The van der Waals surface area contributed by atoms with Crippen LogP contribution >= 0.6 is 0 Å². The van der Waals surface area contributed by atoms with Crippen molar-refractivity contribution in [3.63, 3.8) is 0 Å². The van der Waals surface area contributed by atoms with E-state index < -0.39 is 0 Å². The number of hydrogen-bond donors (Lipinski definition) is 1. The molecule has 1 aromatic heterocycles. The van der Waals surface area contributed by atoms with Gasteiger partial charge in [-0.15, -0.1) is 0 Å². The molecule has 1 N–H and O–H groups in total. The van der Waals surface area contributed by atoms with Gasteiger partial charge < -0.3 is 9.72 Å². The van der Waals surface area contributed by atoms with Crippen LogP contribution in [0.4, 0.5) is 0 Å². The number of aromatic nitrogens is 2. The minimum absolute atomic E-state index is 0.127. The Kier molecular flexibility index (Phi) is 4.05. The van der Waals surface area contributed by atoms with Crippen molar-refractivity contribution in [1.29, 1.82) is 0 Å². The highest BCUT2D eigenvalue weighted by Crippen LogP contribution is 2.00. The van der Waals surface area contributed by atoms with E-state index in [-0.39, 0.29) is 5.56 Å². The van der Waals surface area contributed by atoms with Crippen LogP contribution in [0.3, 0.4) is 0 Å². The lowest BCUT2D eigenvalue weighted by Crippen LogP contribution is -2.11. The van der Waals surface area contributed by atoms with Crippen molar-refractivity contribution in [2.24, 2.45) is 0 Å². The van der Waals surface area contributed by atoms with Crippen molar-refractivity contribution in [3.05, 3.63) is 64.3 Å². The number of rotatable bonds is 5. The molecular weight excluding hydrogens is 216 g/mol. The van der Waals surface area contributed by atoms with Crippen molar-refractivity contribution in [2.45, 2.75) is 13.0 Å². The molecule has 0 spiro atoms. The number of H-pyrrole nitrogens is 1. The fraction of sp³-hybridized carbons (Fsp3) is 0.231. The maximum atomic E-state index is 11.0. The number of nitrogens with zero attached hydrogens (tertiary/aromatic N) is 1. The number of ether oxygens (including phenoxy) is 1. The van der Waals surface area contributed by atoms with Crippen LogP contribution in [0.15, 0.2) is 47.4 Å². The molecule has 0 unspecified atom stereocenters. The molecule has 0 amide bonds. The molecule has 0 aliphatic rings. The van der Waals surface area contributed by atoms with Crippen LogP contribution in [0, 0.1) is 0 Å². The van der Waals surface area contributed by atoms with Crippen LogP contribution in [0.5, 0.6) is 0 Å². The highest BCUT2D eigenvalue weighted by molar-refractivity contribution is 5.13. The summed E-state index contributed by atoms with van der Waals surface area (Å²) in [5, 5.41) is 0. The predicted molar refractivity (Wildman–Crippen MR) is 64.7 cm³/mol. The quantitative estimate of drug-likeness (QED) is 0.792. The molecule has 0 atom stereocenters. The maximum Gasteiger partial charge on any atom is 0.250 e. The Balaban J connectivity index is 1.75. The molecule has 4 nitrogen and oxygen atoms in total. The Morgan fingerprint density at radius 1 is 1.18 bits per heavy atom. The van der Waals surface area contributed by atoms with E-state index in [0.29, 0.717) is 25.5 Å². The van der Waals surface area contributed by atoms with E-state index in [1.807, 2.05) is 30.3 Å². The van der Waals surface area contributed by atoms with Gasteiger partial charge >= 0.3 is 0 Å². The molecule has 0 saturated heterocycles. The van der Waals surface area contributed by atoms with Crippen LogP contribution in [0.25, 0.3) is 0 Å². The lowest BCUT2D eigenvalue weighted by atomic mass is 10.2. The summed E-state index contributed by atoms with van der Waals surface area (Å²) in [4.78, 5) is 17.7. The van der Waals surface area contributed by atoms with Crippen molar-refractivity contribution < 1.29 is 4.74 Å². The number of hydrogen-bond acceptors (Lipinski definition) is 3. The van der Waals surface area contributed by atoms with Gasteiger partial charge in [0.05, 0.1) is 13.2 Å². The SMILES string of the molecule is O=c1ccnc(CCOCc2ccccc2)[nH]1. The zero-order valence-corrected chi connectivity index (χ0v) is 9.43. The van der Waals surface area contributed by atoms with Gasteiger partial charge in [-0.1, -0.05) is 30.3 Å². The zero-order chi connectivity index (χ0) is 11.9. The summed E-state index contributed by atoms with van der Waals surface area (Å²) >= 11 is 0. The van der Waals surface area contributed by atoms with Crippen molar-refractivity contribution >= 4 is 0 Å². The van der Waals surface area contributed by atoms with E-state index in [0.717, 1.165) is 5.56 Å². The Morgan fingerprint density at radius 3 is 2.76 bits per heavy atom. The first-order chi connectivity index (χ1) is 8.34. The molecule has 88 valence electrons. The van der Waals surface area contributed by atoms with Crippen LogP contribution < -0.4 is 5.56 Å². The Hall–Kier alpha value is -1.94. The molecule has 1 heterocycles. The Bertz CT molecular complexity index is 508. The summed E-state index contributed by atoms with van der Waals surface area (Å²) in [6, 6.07) is 11.4. The second kappa shape index (κ2) is 5.96. The molecule has 1 aromatic carbocycles. The highest BCUT2D eigenvalue weighted by Gasteiger charge is 1.96. The average molecular weight is 230 g/mol. The molecule has 0 aliphatic carbocycles. The number of benzene rings is 1. The Labute approximate surface area is 99.3 Å². The Morgan fingerprint density at radius 2 is 2.00 bits per heavy atom. The van der Waals surface area contributed by atoms with E-state index in [9.17, 15) is 4.79 Å². The first-order valence-corrected chi connectivity index (χ1v) is 5.50. The van der Waals surface area contributed by atoms with E-state index in [1.165, 1.54) is 12.3 Å². The van der Waals surface area contributed by atoms with Gasteiger partial charge in [0.25, 0.3) is 5.56 Å². The van der Waals surface area contributed by atoms with E-state index in [2.05, 4.69) is 9.97 Å². The fourth-order valence-corrected chi connectivity index (χ4v) is 1.47. The van der Waals surface area contributed by atoms with Gasteiger partial charge in [-0.05, 0) is 5.56 Å². The molecule has 0 bridgehead atoms. The number of aromatic amines is 1. The van der Waals surface area contributed by atoms with Gasteiger partial charge in [-0.3, -0.25) is 4.79 Å². The van der Waals surface area contributed by atoms with Crippen LogP contribution in [0.2, 0.25) is 0 Å². The second-order valence-electron chi connectivity index (χ2n) is 3.67. The van der Waals surface area contributed by atoms with Crippen molar-refractivity contribution in [1.82, 2.24) is 9.97 Å². The van der Waals surface area contributed by atoms with Gasteiger partial charge in [0.15, 0.2) is 0 Å². The van der Waals surface area contributed by atoms with E-state index >= 15 is 0 Å². The molecule has 0 fully saturated rings. The van der Waals surface area contributed by atoms with Gasteiger partial charge in [0.1, 0.15) is 5.82 Å². The fourth-order valence-electron chi connectivity index (χ4n) is 1.47. The van der Waals surface area contributed by atoms with Crippen molar-refractivity contribution in [3.8, 4) is 0 Å². The lowest BCUT2D eigenvalue weighted by Gasteiger charge is -2.03. The van der Waals surface area contributed by atoms with E-state index in [4.69, 9.17) is 4.74 Å². The standard InChI is InChI=1S/C13H14N2O2/c16-13-6-8-14-12(15-13)7-9-17-10-11-4-2-1-3-5-11/h1-6,8H,7,9-10H2,(H,14,15,16). The summed E-state index contributed by atoms with van der Waals surface area (Å²) in [6.07, 6.45) is 2.12. The van der Waals surface area contributed by atoms with Crippen LogP contribution in [-0.2, 0) is 17.8 Å². The minimum atomic E-state index is -0.127. The summed E-state index contributed by atoms with van der Waals surface area (Å²) in [5.74, 6) is 0.658. The van der Waals surface area contributed by atoms with Gasteiger partial charge in [0.2, 0.25) is 0 Å². The first kappa shape index (κ1) is 11.5. The van der Waals surface area contributed by atoms with Crippen molar-refractivity contribution in [2.75, 3.05) is 6.61 Å². The maximum absolute atomic E-state index is 11.0. The van der Waals surface area contributed by atoms with Crippen LogP contribution in [-0.4, -0.2) is 16.6 Å². The average Bonchev–Trinajstić information content (AvgIpc) is 2.36. The summed E-state index contributed by atoms with van der Waals surface area (Å²) in [5.41, 5.74) is 1.01. The van der Waals surface area contributed by atoms with E-state index in [1.54, 1.807) is 0 Å². The molecular formula is C13H14N2O2. The largest absolute Gasteiger partial charge is 0.376 e. The summed E-state index contributed by atoms with van der Waals surface area (Å²) in [7, 11) is 0. The van der Waals surface area contributed by atoms with Crippen LogP contribution in [0.1, 0.15) is 11.4 Å². The molecule has 2 aromatic rings. The minimum Gasteiger partial charge on any atom is -0.376 e. The zero-order valence-electron chi connectivity index (χ0n) is 9.43. The molecule has 17 heavy (non-hydrogen) atoms. The topological polar surface area (TPSA) is 55.0 Å². The molecule has 4 heteroatoms. The third-order valence-corrected chi connectivity index (χ3v) is 2.32. The lowest BCUT2D eigenvalue weighted by molar-refractivity contribution is 0.122. The van der Waals surface area contributed by atoms with Gasteiger partial charge in [-0.25, -0.2) is 4.98 Å². The number of nitrogens with one attached hydrogen (secondary N) is 1. The molecule has 0 radical (unpaired) electrons. The second-order valence-corrected chi connectivity index (χ2v) is 3.67. The summed E-state index contributed by atoms with van der Waals surface area (Å²) < 4.78 is 5.50. The van der Waals surface area contributed by atoms with Gasteiger partial charge in [0, 0.05) is 18.7 Å². The monoisotopic (exact) mass is 230 g/mol.